The Morgan fingerprint density at radius 1 is 1.25 bits per heavy atom. The van der Waals surface area contributed by atoms with Crippen LogP contribution >= 0.6 is 0 Å². The smallest absolute Gasteiger partial charge is 0.326 e. The standard InChI is InChI=1S/C14H16N2O4/c15-12(17)8-7-11(14(19)20)16-13(18)9-6-10-4-2-1-3-5-10/h1-6,9,11H,7-8H2,(H2,15,17)(H,16,18)(H,19,20)/t11-/m0/s1. The lowest BCUT2D eigenvalue weighted by Gasteiger charge is -2.11. The summed E-state index contributed by atoms with van der Waals surface area (Å²) >= 11 is 0. The van der Waals surface area contributed by atoms with Gasteiger partial charge in [0.1, 0.15) is 6.04 Å². The zero-order valence-electron chi connectivity index (χ0n) is 10.8. The topological polar surface area (TPSA) is 109 Å². The van der Waals surface area contributed by atoms with Crippen molar-refractivity contribution in [3.63, 3.8) is 0 Å². The highest BCUT2D eigenvalue weighted by Crippen LogP contribution is 2.02. The van der Waals surface area contributed by atoms with Gasteiger partial charge in [-0.05, 0) is 18.1 Å². The molecule has 4 N–H and O–H groups in total. The predicted octanol–water partition coefficient (Wildman–Crippen LogP) is 0.535. The van der Waals surface area contributed by atoms with E-state index in [0.717, 1.165) is 5.56 Å². The van der Waals surface area contributed by atoms with E-state index in [1.807, 2.05) is 30.3 Å². The van der Waals surface area contributed by atoms with Gasteiger partial charge in [0.15, 0.2) is 0 Å². The first kappa shape index (κ1) is 15.4. The summed E-state index contributed by atoms with van der Waals surface area (Å²) in [5.41, 5.74) is 5.77. The Hall–Kier alpha value is -2.63. The molecular weight excluding hydrogens is 260 g/mol. The summed E-state index contributed by atoms with van der Waals surface area (Å²) in [4.78, 5) is 33.2. The van der Waals surface area contributed by atoms with Gasteiger partial charge in [-0.25, -0.2) is 4.79 Å². The maximum Gasteiger partial charge on any atom is 0.326 e. The van der Waals surface area contributed by atoms with Gasteiger partial charge in [-0.15, -0.1) is 0 Å². The number of primary amides is 1. The summed E-state index contributed by atoms with van der Waals surface area (Å²) < 4.78 is 0. The van der Waals surface area contributed by atoms with Crippen molar-refractivity contribution in [3.05, 3.63) is 42.0 Å². The van der Waals surface area contributed by atoms with E-state index in [4.69, 9.17) is 10.8 Å². The minimum absolute atomic E-state index is 0.0322. The van der Waals surface area contributed by atoms with Gasteiger partial charge >= 0.3 is 5.97 Å². The highest BCUT2D eigenvalue weighted by atomic mass is 16.4. The number of carbonyl (C=O) groups excluding carboxylic acids is 2. The lowest BCUT2D eigenvalue weighted by molar-refractivity contribution is -0.141. The molecule has 2 amide bonds. The van der Waals surface area contributed by atoms with E-state index in [1.54, 1.807) is 6.08 Å². The molecule has 0 saturated heterocycles. The molecule has 0 heterocycles. The van der Waals surface area contributed by atoms with Gasteiger partial charge in [0.05, 0.1) is 0 Å². The molecule has 1 atom stereocenters. The fraction of sp³-hybridized carbons (Fsp3) is 0.214. The van der Waals surface area contributed by atoms with Gasteiger partial charge in [0, 0.05) is 12.5 Å². The summed E-state index contributed by atoms with van der Waals surface area (Å²) in [6.45, 7) is 0. The normalized spacial score (nSPS) is 12.0. The number of nitrogens with two attached hydrogens (primary N) is 1. The molecule has 0 aliphatic rings. The van der Waals surface area contributed by atoms with Gasteiger partial charge in [0.2, 0.25) is 11.8 Å². The fourth-order valence-corrected chi connectivity index (χ4v) is 1.50. The molecule has 1 rings (SSSR count). The summed E-state index contributed by atoms with van der Waals surface area (Å²) in [5.74, 6) is -2.34. The van der Waals surface area contributed by atoms with Gasteiger partial charge in [-0.2, -0.15) is 0 Å². The third-order valence-electron chi connectivity index (χ3n) is 2.52. The van der Waals surface area contributed by atoms with Crippen molar-refractivity contribution in [3.8, 4) is 0 Å². The Morgan fingerprint density at radius 3 is 2.45 bits per heavy atom. The molecule has 1 aromatic rings. The first-order valence-corrected chi connectivity index (χ1v) is 6.04. The monoisotopic (exact) mass is 276 g/mol. The number of hydrogen-bond acceptors (Lipinski definition) is 3. The van der Waals surface area contributed by atoms with Crippen LogP contribution < -0.4 is 11.1 Å². The molecule has 6 heteroatoms. The van der Waals surface area contributed by atoms with Crippen molar-refractivity contribution in [2.45, 2.75) is 18.9 Å². The Kier molecular flexibility index (Phi) is 5.96. The molecule has 106 valence electrons. The SMILES string of the molecule is NC(=O)CC[C@H](NC(=O)C=Cc1ccccc1)C(=O)O. The molecular formula is C14H16N2O4. The Labute approximate surface area is 116 Å². The van der Waals surface area contributed by atoms with Crippen LogP contribution in [0.5, 0.6) is 0 Å². The van der Waals surface area contributed by atoms with E-state index in [2.05, 4.69) is 5.32 Å². The van der Waals surface area contributed by atoms with Crippen molar-refractivity contribution in [2.75, 3.05) is 0 Å². The van der Waals surface area contributed by atoms with Gasteiger partial charge in [0.25, 0.3) is 0 Å². The molecule has 0 radical (unpaired) electrons. The summed E-state index contributed by atoms with van der Waals surface area (Å²) in [5, 5.41) is 11.2. The number of carbonyl (C=O) groups is 3. The second-order valence-electron chi connectivity index (χ2n) is 4.15. The summed E-state index contributed by atoms with van der Waals surface area (Å²) in [6.07, 6.45) is 2.69. The van der Waals surface area contributed by atoms with E-state index < -0.39 is 23.8 Å². The number of hydrogen-bond donors (Lipinski definition) is 3. The fourth-order valence-electron chi connectivity index (χ4n) is 1.50. The van der Waals surface area contributed by atoms with E-state index in [1.165, 1.54) is 6.08 Å². The molecule has 6 nitrogen and oxygen atoms in total. The molecule has 0 spiro atoms. The van der Waals surface area contributed by atoms with Crippen molar-refractivity contribution in [1.82, 2.24) is 5.32 Å². The Bertz CT molecular complexity index is 511. The number of rotatable bonds is 7. The second-order valence-corrected chi connectivity index (χ2v) is 4.15. The van der Waals surface area contributed by atoms with Crippen molar-refractivity contribution >= 4 is 23.9 Å². The van der Waals surface area contributed by atoms with E-state index in [-0.39, 0.29) is 12.8 Å². The van der Waals surface area contributed by atoms with Crippen molar-refractivity contribution in [2.24, 2.45) is 5.73 Å². The quantitative estimate of drug-likeness (QED) is 0.631. The molecule has 20 heavy (non-hydrogen) atoms. The number of nitrogens with one attached hydrogen (secondary N) is 1. The zero-order valence-corrected chi connectivity index (χ0v) is 10.8. The molecule has 0 fully saturated rings. The molecule has 0 aliphatic carbocycles. The minimum Gasteiger partial charge on any atom is -0.480 e. The summed E-state index contributed by atoms with van der Waals surface area (Å²) in [6, 6.07) is 7.99. The van der Waals surface area contributed by atoms with Gasteiger partial charge in [-0.3, -0.25) is 9.59 Å². The zero-order chi connectivity index (χ0) is 15.0. The lowest BCUT2D eigenvalue weighted by atomic mass is 10.1. The van der Waals surface area contributed by atoms with Crippen LogP contribution in [0.1, 0.15) is 18.4 Å². The van der Waals surface area contributed by atoms with Crippen LogP contribution in [0.2, 0.25) is 0 Å². The van der Waals surface area contributed by atoms with Gasteiger partial charge < -0.3 is 16.2 Å². The molecule has 0 saturated carbocycles. The highest BCUT2D eigenvalue weighted by molar-refractivity contribution is 5.94. The third kappa shape index (κ3) is 5.81. The van der Waals surface area contributed by atoms with Crippen LogP contribution in [0.3, 0.4) is 0 Å². The first-order chi connectivity index (χ1) is 9.49. The maximum atomic E-state index is 11.6. The number of aliphatic carboxylic acids is 1. The number of carboxylic acids is 1. The highest BCUT2D eigenvalue weighted by Gasteiger charge is 2.19. The van der Waals surface area contributed by atoms with Crippen LogP contribution in [0, 0.1) is 0 Å². The van der Waals surface area contributed by atoms with Crippen LogP contribution in [0.25, 0.3) is 6.08 Å². The molecule has 0 unspecified atom stereocenters. The average molecular weight is 276 g/mol. The minimum atomic E-state index is -1.20. The van der Waals surface area contributed by atoms with E-state index in [0.29, 0.717) is 0 Å². The van der Waals surface area contributed by atoms with Crippen molar-refractivity contribution in [1.29, 1.82) is 0 Å². The molecule has 0 aliphatic heterocycles. The molecule has 1 aromatic carbocycles. The second kappa shape index (κ2) is 7.73. The largest absolute Gasteiger partial charge is 0.480 e. The van der Waals surface area contributed by atoms with E-state index in [9.17, 15) is 14.4 Å². The predicted molar refractivity (Wildman–Crippen MR) is 73.5 cm³/mol. The van der Waals surface area contributed by atoms with Crippen molar-refractivity contribution < 1.29 is 19.5 Å². The number of benzene rings is 1. The number of carboxylic acid groups (broad SMARTS) is 1. The Balaban J connectivity index is 2.56. The van der Waals surface area contributed by atoms with Crippen LogP contribution in [0.15, 0.2) is 36.4 Å². The maximum absolute atomic E-state index is 11.6. The Morgan fingerprint density at radius 2 is 1.90 bits per heavy atom. The molecule has 0 bridgehead atoms. The third-order valence-corrected chi connectivity index (χ3v) is 2.52. The lowest BCUT2D eigenvalue weighted by Crippen LogP contribution is -2.40. The molecule has 0 aromatic heterocycles. The van der Waals surface area contributed by atoms with Gasteiger partial charge in [-0.1, -0.05) is 30.3 Å². The van der Waals surface area contributed by atoms with Crippen LogP contribution in [-0.2, 0) is 14.4 Å². The number of amides is 2. The van der Waals surface area contributed by atoms with Crippen LogP contribution in [-0.4, -0.2) is 28.9 Å². The average Bonchev–Trinajstić information content (AvgIpc) is 2.41. The first-order valence-electron chi connectivity index (χ1n) is 6.04. The summed E-state index contributed by atoms with van der Waals surface area (Å²) in [7, 11) is 0. The van der Waals surface area contributed by atoms with E-state index >= 15 is 0 Å². The van der Waals surface area contributed by atoms with Crippen LogP contribution in [0.4, 0.5) is 0 Å².